The number of ether oxygens (including phenoxy) is 3. The summed E-state index contributed by atoms with van der Waals surface area (Å²) in [5.74, 6) is -1.24. The van der Waals surface area contributed by atoms with Gasteiger partial charge in [-0.15, -0.1) is 0 Å². The normalized spacial score (nSPS) is 17.8. The summed E-state index contributed by atoms with van der Waals surface area (Å²) in [6, 6.07) is 0. The highest BCUT2D eigenvalue weighted by Crippen LogP contribution is 2.21. The Hall–Kier alpha value is -1.14. The molecule has 0 spiro atoms. The van der Waals surface area contributed by atoms with Crippen LogP contribution < -0.4 is 0 Å². The highest BCUT2D eigenvalue weighted by Gasteiger charge is 2.46. The van der Waals surface area contributed by atoms with Crippen molar-refractivity contribution in [1.29, 1.82) is 0 Å². The molecule has 1 N–H and O–H groups in total. The van der Waals surface area contributed by atoms with Crippen LogP contribution in [0.25, 0.3) is 0 Å². The summed E-state index contributed by atoms with van der Waals surface area (Å²) in [5.41, 5.74) is -1.56. The van der Waals surface area contributed by atoms with E-state index in [0.717, 1.165) is 0 Å². The van der Waals surface area contributed by atoms with Gasteiger partial charge in [-0.3, -0.25) is 4.79 Å². The van der Waals surface area contributed by atoms with Gasteiger partial charge in [-0.1, -0.05) is 0 Å². The topological polar surface area (TPSA) is 82.1 Å². The van der Waals surface area contributed by atoms with Crippen molar-refractivity contribution in [1.82, 2.24) is 0 Å². The number of esters is 2. The predicted octanol–water partition coefficient (Wildman–Crippen LogP) is 0.267. The van der Waals surface area contributed by atoms with Crippen LogP contribution in [0.2, 0.25) is 0 Å². The lowest BCUT2D eigenvalue weighted by atomic mass is 9.95. The third-order valence-electron chi connectivity index (χ3n) is 2.47. The molecule has 0 bridgehead atoms. The molecule has 0 saturated heterocycles. The van der Waals surface area contributed by atoms with E-state index >= 15 is 0 Å². The van der Waals surface area contributed by atoms with Gasteiger partial charge in [-0.2, -0.15) is 0 Å². The molecule has 100 valence electrons. The zero-order valence-electron chi connectivity index (χ0n) is 10.9. The van der Waals surface area contributed by atoms with Crippen molar-refractivity contribution < 1.29 is 28.9 Å². The number of rotatable bonds is 6. The molecule has 6 heteroatoms. The zero-order chi connectivity index (χ0) is 13.6. The highest BCUT2D eigenvalue weighted by atomic mass is 16.6. The van der Waals surface area contributed by atoms with E-state index in [2.05, 4.69) is 0 Å². The third kappa shape index (κ3) is 3.98. The second-order valence-electron chi connectivity index (χ2n) is 3.79. The molecule has 3 atom stereocenters. The third-order valence-corrected chi connectivity index (χ3v) is 2.47. The van der Waals surface area contributed by atoms with Crippen LogP contribution >= 0.6 is 0 Å². The van der Waals surface area contributed by atoms with Crippen molar-refractivity contribution >= 4 is 11.9 Å². The minimum Gasteiger partial charge on any atom is -0.464 e. The first-order valence-corrected chi connectivity index (χ1v) is 5.37. The van der Waals surface area contributed by atoms with Gasteiger partial charge in [0.2, 0.25) is 0 Å². The first-order chi connectivity index (χ1) is 7.79. The van der Waals surface area contributed by atoms with E-state index in [-0.39, 0.29) is 6.61 Å². The Bertz CT molecular complexity index is 277. The van der Waals surface area contributed by atoms with E-state index in [1.54, 1.807) is 6.92 Å². The van der Waals surface area contributed by atoms with Crippen molar-refractivity contribution in [3.63, 3.8) is 0 Å². The Kier molecular flexibility index (Phi) is 6.12. The van der Waals surface area contributed by atoms with Crippen LogP contribution in [0.1, 0.15) is 27.7 Å². The average Bonchev–Trinajstić information content (AvgIpc) is 2.26. The maximum absolute atomic E-state index is 11.7. The molecule has 0 aliphatic carbocycles. The van der Waals surface area contributed by atoms with Crippen LogP contribution in [-0.2, 0) is 23.8 Å². The molecule has 0 fully saturated rings. The van der Waals surface area contributed by atoms with Crippen molar-refractivity contribution in [3.05, 3.63) is 0 Å². The van der Waals surface area contributed by atoms with Crippen LogP contribution in [0.4, 0.5) is 0 Å². The smallest absolute Gasteiger partial charge is 0.340 e. The van der Waals surface area contributed by atoms with Crippen molar-refractivity contribution in [3.8, 4) is 0 Å². The maximum Gasteiger partial charge on any atom is 0.340 e. The van der Waals surface area contributed by atoms with E-state index in [1.165, 1.54) is 27.9 Å². The lowest BCUT2D eigenvalue weighted by Gasteiger charge is -2.33. The molecule has 3 unspecified atom stereocenters. The van der Waals surface area contributed by atoms with Crippen LogP contribution in [0, 0.1) is 0 Å². The lowest BCUT2D eigenvalue weighted by molar-refractivity contribution is -0.194. The fourth-order valence-corrected chi connectivity index (χ4v) is 1.37. The molecule has 0 amide bonds. The molecule has 0 saturated carbocycles. The number of aliphatic hydroxyl groups excluding tert-OH is 1. The van der Waals surface area contributed by atoms with Gasteiger partial charge in [0.1, 0.15) is 12.2 Å². The Balaban J connectivity index is 4.83. The molecule has 17 heavy (non-hydrogen) atoms. The number of aliphatic hydroxyl groups is 1. The number of hydrogen-bond donors (Lipinski definition) is 1. The molecular formula is C11H20O6. The lowest BCUT2D eigenvalue weighted by Crippen LogP contribution is -2.54. The van der Waals surface area contributed by atoms with Gasteiger partial charge in [0.15, 0.2) is 5.60 Å². The molecule has 0 aliphatic rings. The van der Waals surface area contributed by atoms with Gasteiger partial charge < -0.3 is 19.3 Å². The Morgan fingerprint density at radius 2 is 1.94 bits per heavy atom. The summed E-state index contributed by atoms with van der Waals surface area (Å²) in [7, 11) is 1.28. The second-order valence-corrected chi connectivity index (χ2v) is 3.79. The fourth-order valence-electron chi connectivity index (χ4n) is 1.37. The summed E-state index contributed by atoms with van der Waals surface area (Å²) in [6.07, 6.45) is -2.18. The van der Waals surface area contributed by atoms with E-state index in [0.29, 0.717) is 0 Å². The van der Waals surface area contributed by atoms with E-state index < -0.39 is 29.7 Å². The SMILES string of the molecule is CCOC(=O)C(C)(OC)C(O)C(C)OC(C)=O. The van der Waals surface area contributed by atoms with E-state index in [4.69, 9.17) is 14.2 Å². The van der Waals surface area contributed by atoms with Crippen LogP contribution in [0.5, 0.6) is 0 Å². The fraction of sp³-hybridized carbons (Fsp3) is 0.818. The maximum atomic E-state index is 11.7. The summed E-state index contributed by atoms with van der Waals surface area (Å²) in [4.78, 5) is 22.5. The molecule has 0 radical (unpaired) electrons. The Morgan fingerprint density at radius 3 is 2.29 bits per heavy atom. The summed E-state index contributed by atoms with van der Waals surface area (Å²) in [6.45, 7) is 5.90. The number of carbonyl (C=O) groups excluding carboxylic acids is 2. The number of hydrogen-bond acceptors (Lipinski definition) is 6. The van der Waals surface area contributed by atoms with Crippen LogP contribution in [0.15, 0.2) is 0 Å². The molecule has 0 aromatic rings. The van der Waals surface area contributed by atoms with Crippen LogP contribution in [-0.4, -0.2) is 48.6 Å². The average molecular weight is 248 g/mol. The van der Waals surface area contributed by atoms with Crippen molar-refractivity contribution in [2.24, 2.45) is 0 Å². The van der Waals surface area contributed by atoms with E-state index in [1.807, 2.05) is 0 Å². The van der Waals surface area contributed by atoms with Gasteiger partial charge >= 0.3 is 11.9 Å². The molecule has 6 nitrogen and oxygen atoms in total. The molecule has 0 aliphatic heterocycles. The first-order valence-electron chi connectivity index (χ1n) is 5.37. The van der Waals surface area contributed by atoms with Gasteiger partial charge in [-0.05, 0) is 20.8 Å². The molecule has 0 aromatic heterocycles. The summed E-state index contributed by atoms with van der Waals surface area (Å²) in [5, 5.41) is 9.98. The van der Waals surface area contributed by atoms with Gasteiger partial charge in [0.05, 0.1) is 6.61 Å². The predicted molar refractivity (Wildman–Crippen MR) is 59.3 cm³/mol. The minimum atomic E-state index is -1.56. The van der Waals surface area contributed by atoms with Crippen LogP contribution in [0.3, 0.4) is 0 Å². The summed E-state index contributed by atoms with van der Waals surface area (Å²) >= 11 is 0. The van der Waals surface area contributed by atoms with Gasteiger partial charge in [-0.25, -0.2) is 4.79 Å². The Labute approximate surface area is 101 Å². The van der Waals surface area contributed by atoms with Gasteiger partial charge in [0.25, 0.3) is 0 Å². The van der Waals surface area contributed by atoms with Crippen molar-refractivity contribution in [2.75, 3.05) is 13.7 Å². The zero-order valence-corrected chi connectivity index (χ0v) is 10.9. The molecular weight excluding hydrogens is 228 g/mol. The van der Waals surface area contributed by atoms with Gasteiger partial charge in [0, 0.05) is 14.0 Å². The van der Waals surface area contributed by atoms with E-state index in [9.17, 15) is 14.7 Å². The molecule has 0 aromatic carbocycles. The largest absolute Gasteiger partial charge is 0.464 e. The monoisotopic (exact) mass is 248 g/mol. The molecule has 0 rings (SSSR count). The number of carbonyl (C=O) groups is 2. The minimum absolute atomic E-state index is 0.173. The highest BCUT2D eigenvalue weighted by molar-refractivity contribution is 5.80. The van der Waals surface area contributed by atoms with Crippen molar-refractivity contribution in [2.45, 2.75) is 45.5 Å². The summed E-state index contributed by atoms with van der Waals surface area (Å²) < 4.78 is 14.6. The second kappa shape index (κ2) is 6.56. The standard InChI is InChI=1S/C11H20O6/c1-6-16-10(14)11(4,15-5)9(13)7(2)17-8(3)12/h7,9,13H,6H2,1-5H3. The Morgan fingerprint density at radius 1 is 1.41 bits per heavy atom. The molecule has 0 heterocycles. The number of methoxy groups -OCH3 is 1. The first kappa shape index (κ1) is 15.9. The quantitative estimate of drug-likeness (QED) is 0.679.